The first-order valence-corrected chi connectivity index (χ1v) is 18.9. The summed E-state index contributed by atoms with van der Waals surface area (Å²) >= 11 is 6.30. The van der Waals surface area contributed by atoms with Crippen LogP contribution in [0.15, 0.2) is 77.9 Å². The van der Waals surface area contributed by atoms with E-state index in [2.05, 4.69) is 20.0 Å². The third-order valence-electron chi connectivity index (χ3n) is 9.20. The molecule has 0 spiro atoms. The fourth-order valence-electron chi connectivity index (χ4n) is 6.79. The number of carbonyl (C=O) groups excluding carboxylic acids is 1. The number of hydrogen-bond acceptors (Lipinski definition) is 12. The number of esters is 1. The number of aromatic nitrogens is 4. The summed E-state index contributed by atoms with van der Waals surface area (Å²) in [5.74, 6) is -1.99. The van der Waals surface area contributed by atoms with Crippen molar-refractivity contribution >= 4 is 53.2 Å². The number of nitrogen functional groups attached to an aromatic ring is 1. The van der Waals surface area contributed by atoms with Crippen molar-refractivity contribution in [1.29, 1.82) is 0 Å². The highest BCUT2D eigenvalue weighted by Gasteiger charge is 2.64. The van der Waals surface area contributed by atoms with Gasteiger partial charge < -0.3 is 29.2 Å². The van der Waals surface area contributed by atoms with E-state index in [4.69, 9.17) is 45.3 Å². The third kappa shape index (κ3) is 7.30. The Bertz CT molecular complexity index is 2280. The summed E-state index contributed by atoms with van der Waals surface area (Å²) in [6.07, 6.45) is -1.20. The zero-order valence-corrected chi connectivity index (χ0v) is 31.3. The molecule has 0 aliphatic carbocycles. The molecule has 2 fully saturated rings. The summed E-state index contributed by atoms with van der Waals surface area (Å²) in [5, 5.41) is 4.84. The second kappa shape index (κ2) is 14.1. The van der Waals surface area contributed by atoms with Gasteiger partial charge in [-0.3, -0.25) is 23.7 Å². The van der Waals surface area contributed by atoms with Crippen molar-refractivity contribution in [2.75, 3.05) is 12.3 Å². The predicted molar refractivity (Wildman–Crippen MR) is 196 cm³/mol. The van der Waals surface area contributed by atoms with E-state index in [-0.39, 0.29) is 36.1 Å². The van der Waals surface area contributed by atoms with Crippen LogP contribution in [-0.2, 0) is 39.4 Å². The molecule has 280 valence electrons. The molecule has 0 radical (unpaired) electrons. The second-order valence-corrected chi connectivity index (χ2v) is 16.0. The molecule has 7 rings (SSSR count). The van der Waals surface area contributed by atoms with Crippen LogP contribution in [0.25, 0.3) is 21.9 Å². The molecule has 2 saturated heterocycles. The molecule has 6 atom stereocenters. The maximum Gasteiger partial charge on any atom is 0.459 e. The molecule has 53 heavy (non-hydrogen) atoms. The molecule has 4 N–H and O–H groups in total. The average Bonchev–Trinajstić information content (AvgIpc) is 3.71. The molecule has 3 aromatic carbocycles. The standard InChI is InChI=1S/C36H40ClN6O9P/c1-20(2)27(32(45)47-17-22-12-7-9-15-24(22)37)42-53(46,51-25-16-10-13-21-11-6-8-14-23(21)25)48-18-26-29-36(5,52-35(3,4)50-29)33(49-26)43-19-39-28-30(43)40-34(38)41-31(28)44/h6-16,19-20,26-27,29,33H,17-18H2,1-5H3,(H,42,46)(H3,38,40,41,44)/t26-,27+,29-,33-,36-,53?/m1/s1. The molecular formula is C36H40ClN6O9P. The Labute approximate surface area is 309 Å². The van der Waals surface area contributed by atoms with E-state index in [0.717, 1.165) is 5.39 Å². The number of ether oxygens (including phenoxy) is 4. The number of aromatic amines is 1. The van der Waals surface area contributed by atoms with Crippen molar-refractivity contribution in [1.82, 2.24) is 24.6 Å². The number of imidazole rings is 1. The lowest BCUT2D eigenvalue weighted by atomic mass is 9.96. The fraction of sp³-hybridized carbons (Fsp3) is 0.389. The highest BCUT2D eigenvalue weighted by Crippen LogP contribution is 2.53. The molecule has 0 saturated carbocycles. The van der Waals surface area contributed by atoms with E-state index < -0.39 is 61.1 Å². The first kappa shape index (κ1) is 37.0. The van der Waals surface area contributed by atoms with Gasteiger partial charge >= 0.3 is 13.7 Å². The zero-order chi connectivity index (χ0) is 37.7. The summed E-state index contributed by atoms with van der Waals surface area (Å²) in [4.78, 5) is 37.2. The van der Waals surface area contributed by atoms with Gasteiger partial charge in [-0.2, -0.15) is 10.1 Å². The summed E-state index contributed by atoms with van der Waals surface area (Å²) < 4.78 is 53.9. The molecule has 2 aromatic heterocycles. The van der Waals surface area contributed by atoms with Gasteiger partial charge in [-0.05, 0) is 44.2 Å². The van der Waals surface area contributed by atoms with E-state index in [9.17, 15) is 9.59 Å². The summed E-state index contributed by atoms with van der Waals surface area (Å²) in [6.45, 7) is 8.44. The summed E-state index contributed by atoms with van der Waals surface area (Å²) in [5.41, 5.74) is 5.04. The Hall–Kier alpha value is -4.34. The van der Waals surface area contributed by atoms with Gasteiger partial charge in [0.1, 0.15) is 36.2 Å². The van der Waals surface area contributed by atoms with Crippen molar-refractivity contribution in [3.05, 3.63) is 94.0 Å². The zero-order valence-electron chi connectivity index (χ0n) is 29.6. The Morgan fingerprint density at radius 2 is 1.85 bits per heavy atom. The Kier molecular flexibility index (Phi) is 9.87. The fourth-order valence-corrected chi connectivity index (χ4v) is 8.67. The van der Waals surface area contributed by atoms with Crippen LogP contribution in [0, 0.1) is 5.92 Å². The van der Waals surface area contributed by atoms with Gasteiger partial charge in [0.05, 0.1) is 12.9 Å². The minimum atomic E-state index is -4.44. The lowest BCUT2D eigenvalue weighted by molar-refractivity contribution is -0.216. The number of nitrogens with one attached hydrogen (secondary N) is 2. The summed E-state index contributed by atoms with van der Waals surface area (Å²) in [6, 6.07) is 18.7. The largest absolute Gasteiger partial charge is 0.460 e. The van der Waals surface area contributed by atoms with Crippen molar-refractivity contribution < 1.29 is 37.4 Å². The van der Waals surface area contributed by atoms with Crippen molar-refractivity contribution in [2.45, 2.75) is 77.1 Å². The summed E-state index contributed by atoms with van der Waals surface area (Å²) in [7, 11) is -4.44. The smallest absolute Gasteiger partial charge is 0.459 e. The monoisotopic (exact) mass is 766 g/mol. The maximum atomic E-state index is 15.0. The number of H-pyrrole nitrogens is 1. The van der Waals surface area contributed by atoms with Crippen LogP contribution in [-0.4, -0.2) is 61.7 Å². The molecule has 2 aliphatic heterocycles. The van der Waals surface area contributed by atoms with Crippen molar-refractivity contribution in [3.8, 4) is 5.75 Å². The van der Waals surface area contributed by atoms with Gasteiger partial charge in [0.2, 0.25) is 5.95 Å². The second-order valence-electron chi connectivity index (χ2n) is 13.9. The molecule has 15 nitrogen and oxygen atoms in total. The number of carbonyl (C=O) groups is 1. The van der Waals surface area contributed by atoms with E-state index in [1.165, 1.54) is 6.33 Å². The van der Waals surface area contributed by atoms with E-state index in [0.29, 0.717) is 16.0 Å². The average molecular weight is 767 g/mol. The van der Waals surface area contributed by atoms with Crippen LogP contribution in [0.5, 0.6) is 5.75 Å². The quantitative estimate of drug-likeness (QED) is 0.101. The van der Waals surface area contributed by atoms with Gasteiger partial charge in [0.25, 0.3) is 5.56 Å². The van der Waals surface area contributed by atoms with Crippen molar-refractivity contribution in [2.24, 2.45) is 5.92 Å². The predicted octanol–water partition coefficient (Wildman–Crippen LogP) is 5.88. The van der Waals surface area contributed by atoms with E-state index in [1.54, 1.807) is 75.6 Å². The lowest BCUT2D eigenvalue weighted by Gasteiger charge is -2.30. The minimum absolute atomic E-state index is 0.0548. The Morgan fingerprint density at radius 1 is 1.11 bits per heavy atom. The number of hydrogen-bond donors (Lipinski definition) is 3. The molecule has 0 bridgehead atoms. The Balaban J connectivity index is 1.20. The first-order valence-electron chi connectivity index (χ1n) is 17.0. The van der Waals surface area contributed by atoms with Gasteiger partial charge in [-0.1, -0.05) is 80.0 Å². The molecule has 2 aliphatic rings. The maximum absolute atomic E-state index is 15.0. The number of nitrogens with two attached hydrogens (primary N) is 1. The third-order valence-corrected chi connectivity index (χ3v) is 11.1. The van der Waals surface area contributed by atoms with Crippen LogP contribution in [0.1, 0.15) is 46.4 Å². The molecule has 0 amide bonds. The Morgan fingerprint density at radius 3 is 2.62 bits per heavy atom. The SMILES string of the molecule is CC(C)[C@H](NP(=O)(OC[C@H]1O[C@@H](n2cnc3c(=O)[nH]c(N)nc32)[C@]2(C)OC(C)(C)O[C@H]12)Oc1cccc2ccccc12)C(=O)OCc1ccccc1Cl. The highest BCUT2D eigenvalue weighted by molar-refractivity contribution is 7.52. The van der Waals surface area contributed by atoms with Gasteiger partial charge in [-0.15, -0.1) is 0 Å². The van der Waals surface area contributed by atoms with Crippen LogP contribution in [0.2, 0.25) is 5.02 Å². The number of halogens is 1. The van der Waals surface area contributed by atoms with Gasteiger partial charge in [0.15, 0.2) is 23.2 Å². The number of benzene rings is 3. The molecule has 1 unspecified atom stereocenters. The number of rotatable bonds is 12. The van der Waals surface area contributed by atoms with E-state index >= 15 is 4.57 Å². The molecule has 17 heteroatoms. The molecule has 4 heterocycles. The number of anilines is 1. The van der Waals surface area contributed by atoms with Crippen LogP contribution in [0.3, 0.4) is 0 Å². The topological polar surface area (TPSA) is 191 Å². The number of fused-ring (bicyclic) bond motifs is 3. The normalized spacial score (nSPS) is 23.9. The van der Waals surface area contributed by atoms with Crippen molar-refractivity contribution in [3.63, 3.8) is 0 Å². The van der Waals surface area contributed by atoms with Crippen LogP contribution < -0.4 is 20.9 Å². The van der Waals surface area contributed by atoms with Gasteiger partial charge in [-0.25, -0.2) is 9.55 Å². The van der Waals surface area contributed by atoms with Crippen LogP contribution >= 0.6 is 19.3 Å². The minimum Gasteiger partial charge on any atom is -0.460 e. The molecule has 5 aromatic rings. The van der Waals surface area contributed by atoms with Gasteiger partial charge in [0, 0.05) is 16.0 Å². The number of nitrogens with zero attached hydrogens (tertiary/aromatic N) is 3. The highest BCUT2D eigenvalue weighted by atomic mass is 35.5. The molecular weight excluding hydrogens is 727 g/mol. The lowest BCUT2D eigenvalue weighted by Crippen LogP contribution is -2.43. The first-order chi connectivity index (χ1) is 25.2. The van der Waals surface area contributed by atoms with Crippen LogP contribution in [0.4, 0.5) is 5.95 Å². The van der Waals surface area contributed by atoms with E-state index in [1.807, 2.05) is 30.3 Å².